The number of rotatable bonds is 3. The van der Waals surface area contributed by atoms with E-state index in [-0.39, 0.29) is 17.1 Å². The first-order valence-electron chi connectivity index (χ1n) is 6.45. The van der Waals surface area contributed by atoms with Gasteiger partial charge in [0.1, 0.15) is 5.15 Å². The van der Waals surface area contributed by atoms with Gasteiger partial charge in [-0.2, -0.15) is 0 Å². The Morgan fingerprint density at radius 2 is 1.90 bits per heavy atom. The van der Waals surface area contributed by atoms with Crippen molar-refractivity contribution in [2.45, 2.75) is 19.9 Å². The van der Waals surface area contributed by atoms with E-state index in [4.69, 9.17) is 11.6 Å². The molecule has 1 unspecified atom stereocenters. The maximum atomic E-state index is 12.4. The lowest BCUT2D eigenvalue weighted by Gasteiger charge is -2.25. The number of carbonyl (C=O) groups is 1. The number of carbonyl (C=O) groups excluding carboxylic acids is 1. The summed E-state index contributed by atoms with van der Waals surface area (Å²) >= 11 is 5.98. The average molecular weight is 289 g/mol. The van der Waals surface area contributed by atoms with Crippen LogP contribution in [0, 0.1) is 6.92 Å². The van der Waals surface area contributed by atoms with Gasteiger partial charge in [0, 0.05) is 13.2 Å². The summed E-state index contributed by atoms with van der Waals surface area (Å²) in [5, 5.41) is 0.237. The van der Waals surface area contributed by atoms with Gasteiger partial charge in [-0.25, -0.2) is 4.98 Å². The molecule has 1 atom stereocenters. The number of hydrogen-bond acceptors (Lipinski definition) is 2. The highest BCUT2D eigenvalue weighted by Crippen LogP contribution is 2.23. The molecule has 2 rings (SSSR count). The van der Waals surface area contributed by atoms with Crippen LogP contribution in [-0.4, -0.2) is 22.8 Å². The number of aryl methyl sites for hydroxylation is 1. The largest absolute Gasteiger partial charge is 0.335 e. The Morgan fingerprint density at radius 1 is 1.25 bits per heavy atom. The van der Waals surface area contributed by atoms with Gasteiger partial charge < -0.3 is 4.90 Å². The number of benzene rings is 1. The van der Waals surface area contributed by atoms with Gasteiger partial charge in [0.2, 0.25) is 0 Å². The summed E-state index contributed by atoms with van der Waals surface area (Å²) in [4.78, 5) is 18.1. The quantitative estimate of drug-likeness (QED) is 0.803. The predicted octanol–water partition coefficient (Wildman–Crippen LogP) is 3.88. The third-order valence-corrected chi connectivity index (χ3v) is 3.75. The molecule has 1 amide bonds. The lowest BCUT2D eigenvalue weighted by Crippen LogP contribution is -2.30. The smallest absolute Gasteiger partial charge is 0.257 e. The zero-order chi connectivity index (χ0) is 14.7. The molecule has 0 aliphatic carbocycles. The van der Waals surface area contributed by atoms with Crippen LogP contribution >= 0.6 is 11.6 Å². The highest BCUT2D eigenvalue weighted by molar-refractivity contribution is 6.32. The molecule has 0 aliphatic heterocycles. The molecule has 1 aromatic carbocycles. The Morgan fingerprint density at radius 3 is 2.50 bits per heavy atom. The molecule has 1 heterocycles. The average Bonchev–Trinajstić information content (AvgIpc) is 2.46. The van der Waals surface area contributed by atoms with Gasteiger partial charge >= 0.3 is 0 Å². The normalized spacial score (nSPS) is 12.0. The van der Waals surface area contributed by atoms with Gasteiger partial charge in [-0.1, -0.05) is 41.4 Å². The molecular formula is C16H17ClN2O. The third-order valence-electron chi connectivity index (χ3n) is 3.45. The minimum absolute atomic E-state index is 0.0284. The van der Waals surface area contributed by atoms with Crippen LogP contribution < -0.4 is 0 Å². The van der Waals surface area contributed by atoms with Gasteiger partial charge in [0.05, 0.1) is 11.6 Å². The Bertz CT molecular complexity index is 610. The van der Waals surface area contributed by atoms with E-state index in [0.717, 1.165) is 5.56 Å². The van der Waals surface area contributed by atoms with E-state index in [0.29, 0.717) is 5.56 Å². The fraction of sp³-hybridized carbons (Fsp3) is 0.250. The molecule has 2 aromatic rings. The first-order chi connectivity index (χ1) is 9.50. The number of nitrogens with zero attached hydrogens (tertiary/aromatic N) is 2. The first-order valence-corrected chi connectivity index (χ1v) is 6.82. The van der Waals surface area contributed by atoms with E-state index >= 15 is 0 Å². The predicted molar refractivity (Wildman–Crippen MR) is 80.9 cm³/mol. The van der Waals surface area contributed by atoms with E-state index in [1.807, 2.05) is 38.1 Å². The maximum absolute atomic E-state index is 12.4. The summed E-state index contributed by atoms with van der Waals surface area (Å²) in [6.45, 7) is 4.03. The first kappa shape index (κ1) is 14.5. The van der Waals surface area contributed by atoms with Crippen molar-refractivity contribution in [3.8, 4) is 0 Å². The fourth-order valence-corrected chi connectivity index (χ4v) is 2.18. The van der Waals surface area contributed by atoms with Crippen LogP contribution in [0.15, 0.2) is 42.6 Å². The topological polar surface area (TPSA) is 33.2 Å². The standard InChI is InChI=1S/C16H17ClN2O/c1-11-6-8-13(9-7-11)12(2)19(3)16(20)14-5-4-10-18-15(14)17/h4-10,12H,1-3H3. The van der Waals surface area contributed by atoms with Crippen LogP contribution in [0.5, 0.6) is 0 Å². The third kappa shape index (κ3) is 2.99. The number of halogens is 1. The summed E-state index contributed by atoms with van der Waals surface area (Å²) in [6.07, 6.45) is 1.57. The summed E-state index contributed by atoms with van der Waals surface area (Å²) < 4.78 is 0. The molecule has 0 aliphatic rings. The highest BCUT2D eigenvalue weighted by atomic mass is 35.5. The monoisotopic (exact) mass is 288 g/mol. The zero-order valence-electron chi connectivity index (χ0n) is 11.8. The molecular weight excluding hydrogens is 272 g/mol. The second-order valence-electron chi connectivity index (χ2n) is 4.84. The van der Waals surface area contributed by atoms with Crippen LogP contribution in [0.25, 0.3) is 0 Å². The maximum Gasteiger partial charge on any atom is 0.257 e. The molecule has 0 saturated carbocycles. The zero-order valence-corrected chi connectivity index (χ0v) is 12.6. The van der Waals surface area contributed by atoms with E-state index in [9.17, 15) is 4.79 Å². The molecule has 3 nitrogen and oxygen atoms in total. The Kier molecular flexibility index (Phi) is 4.40. The lowest BCUT2D eigenvalue weighted by atomic mass is 10.0. The van der Waals surface area contributed by atoms with Crippen LogP contribution in [0.4, 0.5) is 0 Å². The fourth-order valence-electron chi connectivity index (χ4n) is 1.98. The van der Waals surface area contributed by atoms with Crippen molar-refractivity contribution in [3.05, 3.63) is 64.4 Å². The van der Waals surface area contributed by atoms with E-state index in [1.165, 1.54) is 5.56 Å². The molecule has 104 valence electrons. The summed E-state index contributed by atoms with van der Waals surface area (Å²) in [5.41, 5.74) is 2.72. The summed E-state index contributed by atoms with van der Waals surface area (Å²) in [6, 6.07) is 11.5. The van der Waals surface area contributed by atoms with Gasteiger partial charge in [0.15, 0.2) is 0 Å². The van der Waals surface area contributed by atoms with Crippen LogP contribution in [-0.2, 0) is 0 Å². The van der Waals surface area contributed by atoms with Crippen molar-refractivity contribution in [1.29, 1.82) is 0 Å². The van der Waals surface area contributed by atoms with E-state index < -0.39 is 0 Å². The molecule has 0 N–H and O–H groups in total. The van der Waals surface area contributed by atoms with Crippen LogP contribution in [0.3, 0.4) is 0 Å². The van der Waals surface area contributed by atoms with E-state index in [2.05, 4.69) is 4.98 Å². The summed E-state index contributed by atoms with van der Waals surface area (Å²) in [5.74, 6) is -0.129. The number of hydrogen-bond donors (Lipinski definition) is 0. The Hall–Kier alpha value is -1.87. The van der Waals surface area contributed by atoms with Crippen molar-refractivity contribution < 1.29 is 4.79 Å². The lowest BCUT2D eigenvalue weighted by molar-refractivity contribution is 0.0742. The van der Waals surface area contributed by atoms with Crippen molar-refractivity contribution >= 4 is 17.5 Å². The van der Waals surface area contributed by atoms with Crippen LogP contribution in [0.1, 0.15) is 34.5 Å². The van der Waals surface area contributed by atoms with Gasteiger partial charge in [0.25, 0.3) is 5.91 Å². The number of aromatic nitrogens is 1. The number of pyridine rings is 1. The molecule has 0 saturated heterocycles. The Labute approximate surface area is 124 Å². The minimum Gasteiger partial charge on any atom is -0.335 e. The molecule has 1 aromatic heterocycles. The highest BCUT2D eigenvalue weighted by Gasteiger charge is 2.21. The second kappa shape index (κ2) is 6.06. The second-order valence-corrected chi connectivity index (χ2v) is 5.20. The van der Waals surface area contributed by atoms with Crippen molar-refractivity contribution in [2.75, 3.05) is 7.05 Å². The van der Waals surface area contributed by atoms with Gasteiger partial charge in [-0.3, -0.25) is 4.79 Å². The van der Waals surface area contributed by atoms with Gasteiger partial charge in [-0.15, -0.1) is 0 Å². The molecule has 20 heavy (non-hydrogen) atoms. The van der Waals surface area contributed by atoms with Crippen molar-refractivity contribution in [1.82, 2.24) is 9.88 Å². The Balaban J connectivity index is 2.22. The molecule has 0 radical (unpaired) electrons. The van der Waals surface area contributed by atoms with E-state index in [1.54, 1.807) is 30.3 Å². The molecule has 0 bridgehead atoms. The number of amides is 1. The van der Waals surface area contributed by atoms with Crippen LogP contribution in [0.2, 0.25) is 5.15 Å². The molecule has 0 fully saturated rings. The van der Waals surface area contributed by atoms with Crippen molar-refractivity contribution in [2.24, 2.45) is 0 Å². The summed E-state index contributed by atoms with van der Waals surface area (Å²) in [7, 11) is 1.77. The molecule has 4 heteroatoms. The van der Waals surface area contributed by atoms with Crippen molar-refractivity contribution in [3.63, 3.8) is 0 Å². The SMILES string of the molecule is Cc1ccc(C(C)N(C)C(=O)c2cccnc2Cl)cc1. The van der Waals surface area contributed by atoms with Gasteiger partial charge in [-0.05, 0) is 31.5 Å². The molecule has 0 spiro atoms. The minimum atomic E-state index is -0.129.